The fourth-order valence-electron chi connectivity index (χ4n) is 0.907. The molecule has 0 saturated heterocycles. The number of aliphatic carboxylic acids is 1. The van der Waals surface area contributed by atoms with Crippen LogP contribution in [-0.2, 0) is 4.79 Å². The molecule has 0 atom stereocenters. The van der Waals surface area contributed by atoms with Gasteiger partial charge in [-0.2, -0.15) is 0 Å². The third kappa shape index (κ3) is 6.98. The average molecular weight is 246 g/mol. The second kappa shape index (κ2) is 7.31. The molecular formula is C9H18N4O4. The molecule has 0 aliphatic rings. The molecule has 3 N–H and O–H groups in total. The number of carboxylic acids is 1. The van der Waals surface area contributed by atoms with Crippen LogP contribution in [0, 0.1) is 0 Å². The van der Waals surface area contributed by atoms with Gasteiger partial charge in [-0.05, 0) is 0 Å². The molecule has 0 aliphatic carbocycles. The van der Waals surface area contributed by atoms with Gasteiger partial charge in [0.25, 0.3) is 0 Å². The van der Waals surface area contributed by atoms with Crippen molar-refractivity contribution in [2.75, 3.05) is 40.8 Å². The molecule has 98 valence electrons. The van der Waals surface area contributed by atoms with Gasteiger partial charge in [0, 0.05) is 34.2 Å². The van der Waals surface area contributed by atoms with Crippen molar-refractivity contribution < 1.29 is 19.5 Å². The lowest BCUT2D eigenvalue weighted by Gasteiger charge is -2.16. The molecule has 0 fully saturated rings. The molecule has 0 aromatic heterocycles. The summed E-state index contributed by atoms with van der Waals surface area (Å²) in [5.41, 5.74) is 0. The summed E-state index contributed by atoms with van der Waals surface area (Å²) in [6.45, 7) is 0.155. The van der Waals surface area contributed by atoms with E-state index in [1.165, 1.54) is 11.9 Å². The summed E-state index contributed by atoms with van der Waals surface area (Å²) >= 11 is 0. The number of likely N-dealkylation sites (N-methyl/N-ethyl adjacent to an activating group) is 1. The van der Waals surface area contributed by atoms with Crippen LogP contribution in [0.4, 0.5) is 9.59 Å². The highest BCUT2D eigenvalue weighted by atomic mass is 16.4. The summed E-state index contributed by atoms with van der Waals surface area (Å²) in [6, 6.07) is -0.746. The van der Waals surface area contributed by atoms with Crippen LogP contribution in [0.1, 0.15) is 0 Å². The average Bonchev–Trinajstić information content (AvgIpc) is 2.22. The first kappa shape index (κ1) is 15.0. The standard InChI is InChI=1S/C9H18N4O4/c1-12(2)8(16)10-4-5-11-9(17)13(3)6-7(14)15/h4-6H2,1-3H3,(H,10,16)(H,11,17)(H,14,15). The van der Waals surface area contributed by atoms with E-state index in [1.807, 2.05) is 0 Å². The Hall–Kier alpha value is -1.99. The lowest BCUT2D eigenvalue weighted by Crippen LogP contribution is -2.44. The number of hydrogen-bond donors (Lipinski definition) is 3. The molecule has 0 bridgehead atoms. The number of hydrogen-bond acceptors (Lipinski definition) is 3. The Balaban J connectivity index is 3.71. The van der Waals surface area contributed by atoms with E-state index in [0.717, 1.165) is 4.90 Å². The fourth-order valence-corrected chi connectivity index (χ4v) is 0.907. The third-order valence-corrected chi connectivity index (χ3v) is 1.80. The van der Waals surface area contributed by atoms with E-state index in [1.54, 1.807) is 14.1 Å². The van der Waals surface area contributed by atoms with Gasteiger partial charge in [-0.15, -0.1) is 0 Å². The van der Waals surface area contributed by atoms with Gasteiger partial charge in [-0.25, -0.2) is 9.59 Å². The molecule has 0 aliphatic heterocycles. The Morgan fingerprint density at radius 3 is 1.88 bits per heavy atom. The third-order valence-electron chi connectivity index (χ3n) is 1.80. The summed E-state index contributed by atoms with van der Waals surface area (Å²) in [7, 11) is 4.59. The normalized spacial score (nSPS) is 9.35. The van der Waals surface area contributed by atoms with Crippen molar-refractivity contribution in [1.29, 1.82) is 0 Å². The molecule has 8 nitrogen and oxygen atoms in total. The number of carboxylic acid groups (broad SMARTS) is 1. The Labute approximate surface area is 99.6 Å². The van der Waals surface area contributed by atoms with Gasteiger partial charge in [0.15, 0.2) is 0 Å². The van der Waals surface area contributed by atoms with Crippen LogP contribution in [0.15, 0.2) is 0 Å². The van der Waals surface area contributed by atoms with Crippen molar-refractivity contribution >= 4 is 18.0 Å². The summed E-state index contributed by atoms with van der Waals surface area (Å²) in [4.78, 5) is 35.1. The predicted molar refractivity (Wildman–Crippen MR) is 60.8 cm³/mol. The van der Waals surface area contributed by atoms with Crippen LogP contribution in [0.3, 0.4) is 0 Å². The number of rotatable bonds is 5. The van der Waals surface area contributed by atoms with Crippen molar-refractivity contribution in [3.05, 3.63) is 0 Å². The minimum absolute atomic E-state index is 0.238. The first-order valence-electron chi connectivity index (χ1n) is 5.00. The minimum Gasteiger partial charge on any atom is -0.480 e. The summed E-state index contributed by atoms with van der Waals surface area (Å²) in [5.74, 6) is -1.08. The Kier molecular flexibility index (Phi) is 6.46. The first-order chi connectivity index (χ1) is 7.84. The van der Waals surface area contributed by atoms with Crippen molar-refractivity contribution in [2.24, 2.45) is 0 Å². The first-order valence-corrected chi connectivity index (χ1v) is 5.00. The molecule has 4 amide bonds. The molecular weight excluding hydrogens is 228 g/mol. The lowest BCUT2D eigenvalue weighted by molar-refractivity contribution is -0.137. The van der Waals surface area contributed by atoms with E-state index >= 15 is 0 Å². The van der Waals surface area contributed by atoms with Crippen molar-refractivity contribution in [3.63, 3.8) is 0 Å². The van der Waals surface area contributed by atoms with Crippen LogP contribution < -0.4 is 10.6 Å². The van der Waals surface area contributed by atoms with E-state index in [2.05, 4.69) is 10.6 Å². The van der Waals surface area contributed by atoms with Crippen molar-refractivity contribution in [2.45, 2.75) is 0 Å². The van der Waals surface area contributed by atoms with Crippen LogP contribution >= 0.6 is 0 Å². The highest BCUT2D eigenvalue weighted by Gasteiger charge is 2.10. The second-order valence-corrected chi connectivity index (χ2v) is 3.61. The second-order valence-electron chi connectivity index (χ2n) is 3.61. The molecule has 0 rings (SSSR count). The maximum absolute atomic E-state index is 11.3. The molecule has 17 heavy (non-hydrogen) atoms. The molecule has 0 aromatic rings. The number of carbonyl (C=O) groups is 3. The number of nitrogens with zero attached hydrogens (tertiary/aromatic N) is 2. The zero-order valence-electron chi connectivity index (χ0n) is 10.2. The Bertz CT molecular complexity index is 293. The van der Waals surface area contributed by atoms with E-state index < -0.39 is 12.0 Å². The van der Waals surface area contributed by atoms with Crippen LogP contribution in [0.25, 0.3) is 0 Å². The number of amides is 4. The molecule has 0 aromatic carbocycles. The highest BCUT2D eigenvalue weighted by molar-refractivity contribution is 5.79. The van der Waals surface area contributed by atoms with Crippen LogP contribution in [-0.4, -0.2) is 73.7 Å². The number of urea groups is 2. The number of carbonyl (C=O) groups excluding carboxylic acids is 2. The molecule has 0 unspecified atom stereocenters. The van der Waals surface area contributed by atoms with Crippen molar-refractivity contribution in [3.8, 4) is 0 Å². The van der Waals surface area contributed by atoms with Crippen LogP contribution in [0.2, 0.25) is 0 Å². The Morgan fingerprint density at radius 1 is 1.00 bits per heavy atom. The maximum atomic E-state index is 11.3. The summed E-state index contributed by atoms with van der Waals surface area (Å²) < 4.78 is 0. The van der Waals surface area contributed by atoms with E-state index in [9.17, 15) is 14.4 Å². The van der Waals surface area contributed by atoms with E-state index in [0.29, 0.717) is 0 Å². The summed E-state index contributed by atoms with van der Waals surface area (Å²) in [6.07, 6.45) is 0. The summed E-state index contributed by atoms with van der Waals surface area (Å²) in [5, 5.41) is 13.5. The molecule has 0 saturated carbocycles. The minimum atomic E-state index is -1.08. The van der Waals surface area contributed by atoms with Gasteiger partial charge in [-0.1, -0.05) is 0 Å². The largest absolute Gasteiger partial charge is 0.480 e. The zero-order chi connectivity index (χ0) is 13.4. The van der Waals surface area contributed by atoms with Gasteiger partial charge in [0.05, 0.1) is 0 Å². The SMILES string of the molecule is CN(C)C(=O)NCCNC(=O)N(C)CC(=O)O. The van der Waals surface area contributed by atoms with Gasteiger partial charge >= 0.3 is 18.0 Å². The Morgan fingerprint density at radius 2 is 1.47 bits per heavy atom. The molecule has 0 radical (unpaired) electrons. The van der Waals surface area contributed by atoms with Crippen molar-refractivity contribution in [1.82, 2.24) is 20.4 Å². The van der Waals surface area contributed by atoms with E-state index in [-0.39, 0.29) is 25.7 Å². The zero-order valence-corrected chi connectivity index (χ0v) is 10.2. The number of nitrogens with one attached hydrogen (secondary N) is 2. The van der Waals surface area contributed by atoms with Crippen LogP contribution in [0.5, 0.6) is 0 Å². The predicted octanol–water partition coefficient (Wildman–Crippen LogP) is -1.02. The van der Waals surface area contributed by atoms with Gasteiger partial charge in [0.1, 0.15) is 6.54 Å². The van der Waals surface area contributed by atoms with Gasteiger partial charge < -0.3 is 25.5 Å². The molecule has 0 spiro atoms. The lowest BCUT2D eigenvalue weighted by atomic mass is 10.5. The van der Waals surface area contributed by atoms with Gasteiger partial charge in [0.2, 0.25) is 0 Å². The molecule has 8 heteroatoms. The smallest absolute Gasteiger partial charge is 0.323 e. The molecule has 0 heterocycles. The maximum Gasteiger partial charge on any atom is 0.323 e. The van der Waals surface area contributed by atoms with Gasteiger partial charge in [-0.3, -0.25) is 4.79 Å². The monoisotopic (exact) mass is 246 g/mol. The topological polar surface area (TPSA) is 102 Å². The highest BCUT2D eigenvalue weighted by Crippen LogP contribution is 1.83. The fraction of sp³-hybridized carbons (Fsp3) is 0.667. The quantitative estimate of drug-likeness (QED) is 0.540. The van der Waals surface area contributed by atoms with E-state index in [4.69, 9.17) is 5.11 Å².